The van der Waals surface area contributed by atoms with Crippen LogP contribution in [0.1, 0.15) is 19.3 Å². The van der Waals surface area contributed by atoms with E-state index in [0.29, 0.717) is 13.0 Å². The highest BCUT2D eigenvalue weighted by molar-refractivity contribution is 5.79. The number of nitro groups is 1. The number of carbonyl (C=O) groups excluding carboxylic acids is 1. The van der Waals surface area contributed by atoms with Crippen molar-refractivity contribution in [3.63, 3.8) is 0 Å². The summed E-state index contributed by atoms with van der Waals surface area (Å²) in [7, 11) is 0. The largest absolute Gasteiger partial charge is 0.481 e. The molecule has 8 heteroatoms. The number of para-hydroxylation sites is 2. The van der Waals surface area contributed by atoms with Crippen LogP contribution in [0.15, 0.2) is 24.3 Å². The topological polar surface area (TPSA) is 110 Å². The molecular weight excluding hydrogens is 292 g/mol. The number of likely N-dealkylation sites (tertiary alicyclic amines) is 1. The number of hydrogen-bond acceptors (Lipinski definition) is 5. The highest BCUT2D eigenvalue weighted by atomic mass is 16.6. The highest BCUT2D eigenvalue weighted by Gasteiger charge is 2.30. The van der Waals surface area contributed by atoms with E-state index in [1.807, 2.05) is 0 Å². The van der Waals surface area contributed by atoms with Crippen molar-refractivity contribution in [2.24, 2.45) is 0 Å². The fourth-order valence-electron chi connectivity index (χ4n) is 2.53. The van der Waals surface area contributed by atoms with Gasteiger partial charge in [-0.1, -0.05) is 12.1 Å². The van der Waals surface area contributed by atoms with Gasteiger partial charge in [0.25, 0.3) is 5.91 Å². The maximum Gasteiger partial charge on any atom is 0.310 e. The van der Waals surface area contributed by atoms with Gasteiger partial charge in [-0.3, -0.25) is 19.7 Å². The first-order valence-electron chi connectivity index (χ1n) is 6.86. The van der Waals surface area contributed by atoms with Crippen molar-refractivity contribution in [2.45, 2.75) is 25.3 Å². The van der Waals surface area contributed by atoms with Crippen molar-refractivity contribution in [2.75, 3.05) is 13.2 Å². The van der Waals surface area contributed by atoms with E-state index < -0.39 is 10.9 Å². The zero-order chi connectivity index (χ0) is 16.1. The van der Waals surface area contributed by atoms with Crippen molar-refractivity contribution in [1.29, 1.82) is 0 Å². The lowest BCUT2D eigenvalue weighted by Gasteiger charge is -2.23. The minimum absolute atomic E-state index is 0.0230. The summed E-state index contributed by atoms with van der Waals surface area (Å²) in [5.41, 5.74) is -0.209. The van der Waals surface area contributed by atoms with E-state index in [-0.39, 0.29) is 36.4 Å². The number of nitrogens with zero attached hydrogens (tertiary/aromatic N) is 2. The Labute approximate surface area is 126 Å². The van der Waals surface area contributed by atoms with E-state index in [1.165, 1.54) is 23.1 Å². The number of aliphatic carboxylic acids is 1. The second kappa shape index (κ2) is 6.88. The smallest absolute Gasteiger partial charge is 0.310 e. The summed E-state index contributed by atoms with van der Waals surface area (Å²) in [6.45, 7) is 0.137. The Balaban J connectivity index is 1.98. The van der Waals surface area contributed by atoms with Gasteiger partial charge in [-0.2, -0.15) is 0 Å². The molecule has 1 aromatic carbocycles. The average Bonchev–Trinajstić information content (AvgIpc) is 2.92. The van der Waals surface area contributed by atoms with E-state index in [9.17, 15) is 19.7 Å². The van der Waals surface area contributed by atoms with Crippen molar-refractivity contribution < 1.29 is 24.4 Å². The molecule has 0 radical (unpaired) electrons. The number of nitro benzene ring substituents is 1. The van der Waals surface area contributed by atoms with Crippen LogP contribution in [-0.2, 0) is 9.59 Å². The van der Waals surface area contributed by atoms with Gasteiger partial charge >= 0.3 is 11.7 Å². The molecule has 1 saturated heterocycles. The van der Waals surface area contributed by atoms with Gasteiger partial charge in [0.2, 0.25) is 0 Å². The summed E-state index contributed by atoms with van der Waals surface area (Å²) < 4.78 is 5.25. The van der Waals surface area contributed by atoms with E-state index >= 15 is 0 Å². The van der Waals surface area contributed by atoms with Crippen molar-refractivity contribution in [3.05, 3.63) is 34.4 Å². The normalized spacial score (nSPS) is 17.3. The van der Waals surface area contributed by atoms with Crippen LogP contribution in [-0.4, -0.2) is 46.0 Å². The summed E-state index contributed by atoms with van der Waals surface area (Å²) in [5, 5.41) is 19.7. The number of rotatable bonds is 6. The molecule has 1 unspecified atom stereocenters. The molecule has 1 aliphatic heterocycles. The Morgan fingerprint density at radius 2 is 2.14 bits per heavy atom. The molecule has 0 aromatic heterocycles. The van der Waals surface area contributed by atoms with Gasteiger partial charge in [0.15, 0.2) is 12.4 Å². The summed E-state index contributed by atoms with van der Waals surface area (Å²) in [6.07, 6.45) is 1.29. The van der Waals surface area contributed by atoms with Gasteiger partial charge in [-0.05, 0) is 18.9 Å². The van der Waals surface area contributed by atoms with Crippen LogP contribution in [0.4, 0.5) is 5.69 Å². The summed E-state index contributed by atoms with van der Waals surface area (Å²) >= 11 is 0. The predicted octanol–water partition coefficient (Wildman–Crippen LogP) is 1.44. The third kappa shape index (κ3) is 3.72. The molecule has 1 N–H and O–H groups in total. The number of hydrogen-bond donors (Lipinski definition) is 1. The molecule has 8 nitrogen and oxygen atoms in total. The predicted molar refractivity (Wildman–Crippen MR) is 75.6 cm³/mol. The summed E-state index contributed by atoms with van der Waals surface area (Å²) in [6, 6.07) is 5.47. The second-order valence-electron chi connectivity index (χ2n) is 4.99. The molecular formula is C14H16N2O6. The molecule has 1 aromatic rings. The molecule has 22 heavy (non-hydrogen) atoms. The molecule has 0 bridgehead atoms. The zero-order valence-corrected chi connectivity index (χ0v) is 11.8. The van der Waals surface area contributed by atoms with Crippen LogP contribution in [0.3, 0.4) is 0 Å². The molecule has 1 amide bonds. The Morgan fingerprint density at radius 3 is 2.82 bits per heavy atom. The molecule has 0 saturated carbocycles. The van der Waals surface area contributed by atoms with Gasteiger partial charge in [0, 0.05) is 18.7 Å². The first-order chi connectivity index (χ1) is 10.5. The second-order valence-corrected chi connectivity index (χ2v) is 4.99. The van der Waals surface area contributed by atoms with Crippen LogP contribution < -0.4 is 4.74 Å². The summed E-state index contributed by atoms with van der Waals surface area (Å²) in [5.74, 6) is -1.29. The van der Waals surface area contributed by atoms with Crippen molar-refractivity contribution >= 4 is 17.6 Å². The molecule has 2 rings (SSSR count). The third-order valence-electron chi connectivity index (χ3n) is 3.52. The quantitative estimate of drug-likeness (QED) is 0.629. The first-order valence-corrected chi connectivity index (χ1v) is 6.86. The van der Waals surface area contributed by atoms with Gasteiger partial charge < -0.3 is 14.7 Å². The maximum atomic E-state index is 12.1. The Bertz CT molecular complexity index is 588. The number of amides is 1. The first kappa shape index (κ1) is 15.7. The minimum atomic E-state index is -0.954. The standard InChI is InChI=1S/C14H16N2O6/c17-13(15-7-3-4-10(15)8-14(18)19)9-22-12-6-2-1-5-11(12)16(20)21/h1-2,5-6,10H,3-4,7-9H2,(H,18,19). The molecule has 1 fully saturated rings. The van der Waals surface area contributed by atoms with Crippen LogP contribution in [0.2, 0.25) is 0 Å². The molecule has 0 spiro atoms. The fraction of sp³-hybridized carbons (Fsp3) is 0.429. The van der Waals surface area contributed by atoms with Crippen LogP contribution in [0.25, 0.3) is 0 Å². The molecule has 118 valence electrons. The number of benzene rings is 1. The van der Waals surface area contributed by atoms with Gasteiger partial charge in [-0.25, -0.2) is 0 Å². The Hall–Kier alpha value is -2.64. The molecule has 1 heterocycles. The van der Waals surface area contributed by atoms with Crippen LogP contribution >= 0.6 is 0 Å². The van der Waals surface area contributed by atoms with E-state index in [0.717, 1.165) is 6.42 Å². The van der Waals surface area contributed by atoms with Crippen LogP contribution in [0, 0.1) is 10.1 Å². The molecule has 0 aliphatic carbocycles. The van der Waals surface area contributed by atoms with Crippen molar-refractivity contribution in [1.82, 2.24) is 4.90 Å². The number of carbonyl (C=O) groups is 2. The monoisotopic (exact) mass is 308 g/mol. The van der Waals surface area contributed by atoms with Gasteiger partial charge in [-0.15, -0.1) is 0 Å². The zero-order valence-electron chi connectivity index (χ0n) is 11.8. The summed E-state index contributed by atoms with van der Waals surface area (Å²) in [4.78, 5) is 34.7. The Kier molecular flexibility index (Phi) is 4.92. The van der Waals surface area contributed by atoms with E-state index in [2.05, 4.69) is 0 Å². The van der Waals surface area contributed by atoms with E-state index in [4.69, 9.17) is 9.84 Å². The molecule has 1 aliphatic rings. The van der Waals surface area contributed by atoms with Gasteiger partial charge in [0.1, 0.15) is 0 Å². The third-order valence-corrected chi connectivity index (χ3v) is 3.52. The number of carboxylic acids is 1. The fourth-order valence-corrected chi connectivity index (χ4v) is 2.53. The van der Waals surface area contributed by atoms with Crippen LogP contribution in [0.5, 0.6) is 5.75 Å². The average molecular weight is 308 g/mol. The minimum Gasteiger partial charge on any atom is -0.481 e. The van der Waals surface area contributed by atoms with Crippen molar-refractivity contribution in [3.8, 4) is 5.75 Å². The van der Waals surface area contributed by atoms with Gasteiger partial charge in [0.05, 0.1) is 11.3 Å². The van der Waals surface area contributed by atoms with E-state index in [1.54, 1.807) is 6.07 Å². The Morgan fingerprint density at radius 1 is 1.41 bits per heavy atom. The SMILES string of the molecule is O=C(O)CC1CCCN1C(=O)COc1ccccc1[N+](=O)[O-]. The maximum absolute atomic E-state index is 12.1. The molecule has 1 atom stereocenters. The lowest BCUT2D eigenvalue weighted by molar-refractivity contribution is -0.385. The lowest BCUT2D eigenvalue weighted by Crippen LogP contribution is -2.39. The number of ether oxygens (including phenoxy) is 1. The highest BCUT2D eigenvalue weighted by Crippen LogP contribution is 2.26. The number of carboxylic acid groups (broad SMARTS) is 1. The lowest BCUT2D eigenvalue weighted by atomic mass is 10.1.